The van der Waals surface area contributed by atoms with E-state index in [2.05, 4.69) is 10.6 Å². The van der Waals surface area contributed by atoms with Crippen LogP contribution in [0.15, 0.2) is 59.5 Å². The van der Waals surface area contributed by atoms with Crippen molar-refractivity contribution in [3.63, 3.8) is 0 Å². The molecule has 2 aromatic carbocycles. The van der Waals surface area contributed by atoms with Gasteiger partial charge in [0.15, 0.2) is 9.84 Å². The number of carbonyl (C=O) groups excluding carboxylic acids is 1. The maximum absolute atomic E-state index is 12.6. The van der Waals surface area contributed by atoms with Crippen LogP contribution in [-0.4, -0.2) is 47.7 Å². The number of nitrogens with one attached hydrogen (secondary N) is 2. The molecule has 0 aliphatic rings. The van der Waals surface area contributed by atoms with Gasteiger partial charge in [0.2, 0.25) is 0 Å². The van der Waals surface area contributed by atoms with E-state index in [0.717, 1.165) is 0 Å². The molecule has 2 rings (SSSR count). The Labute approximate surface area is 166 Å². The molecule has 0 saturated heterocycles. The molecule has 6 nitrogen and oxygen atoms in total. The molecule has 0 heterocycles. The lowest BCUT2D eigenvalue weighted by Gasteiger charge is -2.09. The summed E-state index contributed by atoms with van der Waals surface area (Å²) in [6.07, 6.45) is 0. The third kappa shape index (κ3) is 7.68. The Hall–Kier alpha value is -1.93. The molecule has 8 heteroatoms. The van der Waals surface area contributed by atoms with Crippen LogP contribution < -0.4 is 10.6 Å². The molecule has 0 aliphatic carbocycles. The molecule has 1 amide bonds. The van der Waals surface area contributed by atoms with Crippen molar-refractivity contribution in [2.45, 2.75) is 10.6 Å². The summed E-state index contributed by atoms with van der Waals surface area (Å²) in [5.41, 5.74) is 1.04. The van der Waals surface area contributed by atoms with Gasteiger partial charge in [0, 0.05) is 32.3 Å². The fourth-order valence-corrected chi connectivity index (χ4v) is 3.76. The molecule has 0 bridgehead atoms. The van der Waals surface area contributed by atoms with Crippen molar-refractivity contribution in [3.8, 4) is 0 Å². The van der Waals surface area contributed by atoms with Crippen LogP contribution >= 0.6 is 12.4 Å². The van der Waals surface area contributed by atoms with Crippen LogP contribution in [0.1, 0.15) is 15.9 Å². The van der Waals surface area contributed by atoms with Crippen LogP contribution in [0, 0.1) is 0 Å². The minimum atomic E-state index is -3.51. The first-order chi connectivity index (χ1) is 12.5. The molecule has 0 saturated carbocycles. The van der Waals surface area contributed by atoms with Crippen LogP contribution in [0.5, 0.6) is 0 Å². The highest BCUT2D eigenvalue weighted by Gasteiger charge is 2.17. The summed E-state index contributed by atoms with van der Waals surface area (Å²) in [4.78, 5) is 12.4. The molecule has 0 radical (unpaired) electrons. The number of carbonyl (C=O) groups is 1. The van der Waals surface area contributed by atoms with Gasteiger partial charge in [-0.2, -0.15) is 0 Å². The second-order valence-electron chi connectivity index (χ2n) is 5.77. The van der Waals surface area contributed by atoms with Gasteiger partial charge in [-0.15, -0.1) is 12.4 Å². The zero-order valence-electron chi connectivity index (χ0n) is 15.2. The summed E-state index contributed by atoms with van der Waals surface area (Å²) in [7, 11) is -1.88. The molecule has 0 spiro atoms. The highest BCUT2D eigenvalue weighted by molar-refractivity contribution is 7.90. The van der Waals surface area contributed by atoms with Gasteiger partial charge in [-0.1, -0.05) is 36.4 Å². The van der Waals surface area contributed by atoms with Crippen molar-refractivity contribution in [2.75, 3.05) is 33.4 Å². The Balaban J connectivity index is 0.00000364. The Morgan fingerprint density at radius 2 is 1.74 bits per heavy atom. The molecule has 0 aliphatic heterocycles. The summed E-state index contributed by atoms with van der Waals surface area (Å²) in [5.74, 6) is -0.391. The van der Waals surface area contributed by atoms with E-state index < -0.39 is 9.84 Å². The Bertz CT molecular complexity index is 813. The third-order valence-corrected chi connectivity index (χ3v) is 5.41. The SMILES string of the molecule is COCCNCCNC(=O)c1cccc(S(=O)(=O)Cc2ccccc2)c1.Cl. The third-order valence-electron chi connectivity index (χ3n) is 3.73. The molecule has 2 aromatic rings. The summed E-state index contributed by atoms with van der Waals surface area (Å²) < 4.78 is 30.1. The first-order valence-electron chi connectivity index (χ1n) is 8.37. The van der Waals surface area contributed by atoms with Gasteiger partial charge in [0.1, 0.15) is 0 Å². The van der Waals surface area contributed by atoms with E-state index in [0.29, 0.717) is 37.4 Å². The fourth-order valence-electron chi connectivity index (χ4n) is 2.37. The second-order valence-corrected chi connectivity index (χ2v) is 7.76. The minimum absolute atomic E-state index is 0. The quantitative estimate of drug-likeness (QED) is 0.583. The minimum Gasteiger partial charge on any atom is -0.383 e. The molecular weight excluding hydrogens is 388 g/mol. The highest BCUT2D eigenvalue weighted by atomic mass is 35.5. The summed E-state index contributed by atoms with van der Waals surface area (Å²) >= 11 is 0. The maximum atomic E-state index is 12.6. The number of benzene rings is 2. The average molecular weight is 413 g/mol. The number of sulfone groups is 1. The number of halogens is 1. The smallest absolute Gasteiger partial charge is 0.251 e. The van der Waals surface area contributed by atoms with Gasteiger partial charge >= 0.3 is 0 Å². The Kier molecular flexibility index (Phi) is 10.0. The lowest BCUT2D eigenvalue weighted by Crippen LogP contribution is -2.33. The van der Waals surface area contributed by atoms with Crippen LogP contribution in [0.4, 0.5) is 0 Å². The molecule has 0 fully saturated rings. The number of rotatable bonds is 10. The monoisotopic (exact) mass is 412 g/mol. The summed E-state index contributed by atoms with van der Waals surface area (Å²) in [6, 6.07) is 15.1. The number of hydrogen-bond acceptors (Lipinski definition) is 5. The van der Waals surface area contributed by atoms with Crippen molar-refractivity contribution in [1.82, 2.24) is 10.6 Å². The zero-order valence-corrected chi connectivity index (χ0v) is 16.8. The predicted molar refractivity (Wildman–Crippen MR) is 108 cm³/mol. The van der Waals surface area contributed by atoms with E-state index in [4.69, 9.17) is 4.74 Å². The fraction of sp³-hybridized carbons (Fsp3) is 0.316. The topological polar surface area (TPSA) is 84.5 Å². The molecule has 2 N–H and O–H groups in total. The van der Waals surface area contributed by atoms with Crippen LogP contribution in [0.25, 0.3) is 0 Å². The normalized spacial score (nSPS) is 10.9. The standard InChI is InChI=1S/C19H24N2O4S.ClH/c1-25-13-12-20-10-11-21-19(22)17-8-5-9-18(14-17)26(23,24)15-16-6-3-2-4-7-16;/h2-9,14,20H,10-13,15H2,1H3,(H,21,22);1H. The lowest BCUT2D eigenvalue weighted by atomic mass is 10.2. The van der Waals surface area contributed by atoms with Gasteiger partial charge in [0.25, 0.3) is 5.91 Å². The average Bonchev–Trinajstić information content (AvgIpc) is 2.65. The van der Waals surface area contributed by atoms with Crippen molar-refractivity contribution in [3.05, 3.63) is 65.7 Å². The number of hydrogen-bond donors (Lipinski definition) is 2. The number of ether oxygens (including phenoxy) is 1. The first kappa shape index (κ1) is 23.1. The van der Waals surface area contributed by atoms with Crippen molar-refractivity contribution in [1.29, 1.82) is 0 Å². The van der Waals surface area contributed by atoms with Gasteiger partial charge in [0.05, 0.1) is 17.3 Å². The lowest BCUT2D eigenvalue weighted by molar-refractivity contribution is 0.0953. The van der Waals surface area contributed by atoms with Gasteiger partial charge < -0.3 is 15.4 Å². The Morgan fingerprint density at radius 1 is 1.00 bits per heavy atom. The van der Waals surface area contributed by atoms with Crippen LogP contribution in [-0.2, 0) is 20.3 Å². The maximum Gasteiger partial charge on any atom is 0.251 e. The first-order valence-corrected chi connectivity index (χ1v) is 10.0. The van der Waals surface area contributed by atoms with Gasteiger partial charge in [-0.25, -0.2) is 8.42 Å². The summed E-state index contributed by atoms with van der Waals surface area (Å²) in [5, 5.41) is 5.89. The van der Waals surface area contributed by atoms with E-state index in [9.17, 15) is 13.2 Å². The second kappa shape index (κ2) is 11.7. The summed E-state index contributed by atoms with van der Waals surface area (Å²) in [6.45, 7) is 2.37. The van der Waals surface area contributed by atoms with E-state index in [1.165, 1.54) is 12.1 Å². The van der Waals surface area contributed by atoms with Crippen molar-refractivity contribution >= 4 is 28.2 Å². The van der Waals surface area contributed by atoms with Gasteiger partial charge in [-0.3, -0.25) is 4.79 Å². The van der Waals surface area contributed by atoms with Crippen molar-refractivity contribution < 1.29 is 17.9 Å². The molecule has 0 unspecified atom stereocenters. The highest BCUT2D eigenvalue weighted by Crippen LogP contribution is 2.17. The predicted octanol–water partition coefficient (Wildman–Crippen LogP) is 2.05. The van der Waals surface area contributed by atoms with Crippen molar-refractivity contribution in [2.24, 2.45) is 0 Å². The molecule has 148 valence electrons. The van der Waals surface area contributed by atoms with Gasteiger partial charge in [-0.05, 0) is 23.8 Å². The Morgan fingerprint density at radius 3 is 2.44 bits per heavy atom. The zero-order chi connectivity index (χ0) is 18.8. The van der Waals surface area contributed by atoms with E-state index >= 15 is 0 Å². The van der Waals surface area contributed by atoms with E-state index in [1.54, 1.807) is 43.5 Å². The largest absolute Gasteiger partial charge is 0.383 e. The molecule has 27 heavy (non-hydrogen) atoms. The van der Waals surface area contributed by atoms with E-state index in [-0.39, 0.29) is 29.0 Å². The van der Waals surface area contributed by atoms with E-state index in [1.807, 2.05) is 6.07 Å². The number of methoxy groups -OCH3 is 1. The molecular formula is C19H25ClN2O4S. The number of amides is 1. The molecule has 0 atom stereocenters. The molecule has 0 aromatic heterocycles. The van der Waals surface area contributed by atoms with Crippen LogP contribution in [0.3, 0.4) is 0 Å². The van der Waals surface area contributed by atoms with Crippen LogP contribution in [0.2, 0.25) is 0 Å².